The van der Waals surface area contributed by atoms with Crippen LogP contribution in [0.4, 0.5) is 0 Å². The largest absolute Gasteiger partial charge is 0.497 e. The van der Waals surface area contributed by atoms with E-state index < -0.39 is 0 Å². The number of methoxy groups -OCH3 is 1. The van der Waals surface area contributed by atoms with Gasteiger partial charge >= 0.3 is 0 Å². The lowest BCUT2D eigenvalue weighted by molar-refractivity contribution is 0.0634. The molecule has 1 aliphatic heterocycles. The van der Waals surface area contributed by atoms with E-state index in [-0.39, 0.29) is 11.9 Å². The Balaban J connectivity index is 1.50. The summed E-state index contributed by atoms with van der Waals surface area (Å²) >= 11 is 0. The lowest BCUT2D eigenvalue weighted by Crippen LogP contribution is -2.54. The van der Waals surface area contributed by atoms with Crippen molar-refractivity contribution in [3.63, 3.8) is 0 Å². The molecule has 3 aromatic rings. The van der Waals surface area contributed by atoms with E-state index >= 15 is 0 Å². The van der Waals surface area contributed by atoms with Crippen LogP contribution >= 0.6 is 0 Å². The maximum Gasteiger partial charge on any atom is 0.257 e. The minimum absolute atomic E-state index is 0.108. The zero-order chi connectivity index (χ0) is 23.3. The molecule has 178 valence electrons. The Kier molecular flexibility index (Phi) is 6.95. The highest BCUT2D eigenvalue weighted by molar-refractivity contribution is 5.96. The first-order valence-electron chi connectivity index (χ1n) is 12.5. The first kappa shape index (κ1) is 22.7. The average Bonchev–Trinajstić information content (AvgIpc) is 3.35. The van der Waals surface area contributed by atoms with Crippen molar-refractivity contribution in [2.75, 3.05) is 26.7 Å². The molecule has 2 fully saturated rings. The molecule has 0 spiro atoms. The van der Waals surface area contributed by atoms with Gasteiger partial charge in [-0.2, -0.15) is 5.10 Å². The summed E-state index contributed by atoms with van der Waals surface area (Å²) in [6.45, 7) is 2.34. The summed E-state index contributed by atoms with van der Waals surface area (Å²) < 4.78 is 7.44. The second-order valence-corrected chi connectivity index (χ2v) is 9.44. The molecule has 1 aromatic heterocycles. The van der Waals surface area contributed by atoms with Gasteiger partial charge in [-0.05, 0) is 37.0 Å². The van der Waals surface area contributed by atoms with E-state index in [1.807, 2.05) is 35.0 Å². The van der Waals surface area contributed by atoms with Gasteiger partial charge in [0.05, 0.1) is 30.3 Å². The molecule has 34 heavy (non-hydrogen) atoms. The molecular formula is C28H34N4O2. The van der Waals surface area contributed by atoms with Gasteiger partial charge in [0.15, 0.2) is 0 Å². The third kappa shape index (κ3) is 4.73. The van der Waals surface area contributed by atoms with Crippen LogP contribution in [-0.2, 0) is 6.42 Å². The van der Waals surface area contributed by atoms with Gasteiger partial charge in [0.1, 0.15) is 5.75 Å². The topological polar surface area (TPSA) is 59.4 Å². The number of hydrogen-bond donors (Lipinski definition) is 1. The highest BCUT2D eigenvalue weighted by Crippen LogP contribution is 2.36. The van der Waals surface area contributed by atoms with Crippen LogP contribution in [0.2, 0.25) is 0 Å². The highest BCUT2D eigenvalue weighted by atomic mass is 16.5. The van der Waals surface area contributed by atoms with Crippen molar-refractivity contribution < 1.29 is 9.53 Å². The van der Waals surface area contributed by atoms with Crippen molar-refractivity contribution in [3.8, 4) is 11.4 Å². The molecule has 1 atom stereocenters. The number of piperazine rings is 1. The fourth-order valence-corrected chi connectivity index (χ4v) is 5.49. The first-order valence-corrected chi connectivity index (χ1v) is 12.5. The van der Waals surface area contributed by atoms with Crippen LogP contribution in [0.1, 0.15) is 59.6 Å². The van der Waals surface area contributed by atoms with E-state index in [1.165, 1.54) is 24.8 Å². The third-order valence-electron chi connectivity index (χ3n) is 7.25. The van der Waals surface area contributed by atoms with Gasteiger partial charge in [0.2, 0.25) is 0 Å². The Bertz CT molecular complexity index is 1100. The molecule has 1 amide bonds. The van der Waals surface area contributed by atoms with Gasteiger partial charge in [-0.1, -0.05) is 55.7 Å². The van der Waals surface area contributed by atoms with Crippen LogP contribution in [0.15, 0.2) is 60.8 Å². The number of rotatable bonds is 6. The molecule has 6 heteroatoms. The summed E-state index contributed by atoms with van der Waals surface area (Å²) in [5, 5.41) is 8.24. The summed E-state index contributed by atoms with van der Waals surface area (Å²) in [5.74, 6) is 1.24. The number of carbonyl (C=O) groups is 1. The fraction of sp³-hybridized carbons (Fsp3) is 0.429. The van der Waals surface area contributed by atoms with E-state index in [2.05, 4.69) is 34.5 Å². The van der Waals surface area contributed by atoms with E-state index in [9.17, 15) is 4.79 Å². The second-order valence-electron chi connectivity index (χ2n) is 9.44. The zero-order valence-corrected chi connectivity index (χ0v) is 20.0. The van der Waals surface area contributed by atoms with Crippen molar-refractivity contribution in [2.24, 2.45) is 0 Å². The van der Waals surface area contributed by atoms with Gasteiger partial charge < -0.3 is 15.0 Å². The second kappa shape index (κ2) is 10.4. The van der Waals surface area contributed by atoms with Gasteiger partial charge in [0, 0.05) is 37.7 Å². The Morgan fingerprint density at radius 3 is 2.71 bits per heavy atom. The molecule has 1 saturated heterocycles. The summed E-state index contributed by atoms with van der Waals surface area (Å²) in [6, 6.07) is 18.5. The molecule has 2 aliphatic rings. The minimum Gasteiger partial charge on any atom is -0.497 e. The SMILES string of the molecule is COc1cccc(-n2ncc(C(=O)N3CCNC[C@H]3Cc3ccccc3)c2C2CCCCC2)c1. The minimum atomic E-state index is 0.108. The number of aromatic nitrogens is 2. The van der Waals surface area contributed by atoms with Crippen molar-refractivity contribution in [2.45, 2.75) is 50.5 Å². The van der Waals surface area contributed by atoms with Crippen LogP contribution in [-0.4, -0.2) is 53.4 Å². The lowest BCUT2D eigenvalue weighted by atomic mass is 9.85. The summed E-state index contributed by atoms with van der Waals surface area (Å²) in [4.78, 5) is 16.1. The molecular weight excluding hydrogens is 424 g/mol. The van der Waals surface area contributed by atoms with E-state index in [0.717, 1.165) is 55.0 Å². The Labute approximate surface area is 201 Å². The summed E-state index contributed by atoms with van der Waals surface area (Å²) in [7, 11) is 1.68. The number of amides is 1. The summed E-state index contributed by atoms with van der Waals surface area (Å²) in [5.41, 5.74) is 4.03. The smallest absolute Gasteiger partial charge is 0.257 e. The molecule has 1 saturated carbocycles. The van der Waals surface area contributed by atoms with Crippen molar-refractivity contribution in [1.29, 1.82) is 0 Å². The van der Waals surface area contributed by atoms with Crippen LogP contribution in [0, 0.1) is 0 Å². The molecule has 2 aromatic carbocycles. The van der Waals surface area contributed by atoms with E-state index in [4.69, 9.17) is 9.84 Å². The monoisotopic (exact) mass is 458 g/mol. The van der Waals surface area contributed by atoms with Crippen molar-refractivity contribution >= 4 is 5.91 Å². The lowest BCUT2D eigenvalue weighted by Gasteiger charge is -2.37. The highest BCUT2D eigenvalue weighted by Gasteiger charge is 2.33. The molecule has 2 heterocycles. The van der Waals surface area contributed by atoms with Crippen molar-refractivity contribution in [1.82, 2.24) is 20.0 Å². The van der Waals surface area contributed by atoms with Crippen LogP contribution in [0.3, 0.4) is 0 Å². The van der Waals surface area contributed by atoms with Gasteiger partial charge in [-0.3, -0.25) is 4.79 Å². The molecule has 0 unspecified atom stereocenters. The fourth-order valence-electron chi connectivity index (χ4n) is 5.49. The predicted molar refractivity (Wildman–Crippen MR) is 134 cm³/mol. The molecule has 1 N–H and O–H groups in total. The van der Waals surface area contributed by atoms with E-state index in [0.29, 0.717) is 12.5 Å². The number of ether oxygens (including phenoxy) is 1. The average molecular weight is 459 g/mol. The van der Waals surface area contributed by atoms with Gasteiger partial charge in [0.25, 0.3) is 5.91 Å². The third-order valence-corrected chi connectivity index (χ3v) is 7.25. The maximum absolute atomic E-state index is 14.1. The number of benzene rings is 2. The normalized spacial score (nSPS) is 19.2. The molecule has 0 radical (unpaired) electrons. The molecule has 0 bridgehead atoms. The Hall–Kier alpha value is -3.12. The number of nitrogens with one attached hydrogen (secondary N) is 1. The van der Waals surface area contributed by atoms with Crippen LogP contribution < -0.4 is 10.1 Å². The quantitative estimate of drug-likeness (QED) is 0.587. The summed E-state index contributed by atoms with van der Waals surface area (Å²) in [6.07, 6.45) is 8.52. The number of hydrogen-bond acceptors (Lipinski definition) is 4. The number of nitrogens with zero attached hydrogens (tertiary/aromatic N) is 3. The standard InChI is InChI=1S/C28H34N4O2/c1-34-25-14-8-13-23(18-25)32-27(22-11-6-3-7-12-22)26(20-30-32)28(33)31-16-15-29-19-24(31)17-21-9-4-2-5-10-21/h2,4-5,8-10,13-14,18,20,22,24,29H,3,6-7,11-12,15-17,19H2,1H3/t24-/m1/s1. The first-order chi connectivity index (χ1) is 16.7. The van der Waals surface area contributed by atoms with E-state index in [1.54, 1.807) is 13.3 Å². The Morgan fingerprint density at radius 1 is 1.09 bits per heavy atom. The van der Waals surface area contributed by atoms with Gasteiger partial charge in [-0.15, -0.1) is 0 Å². The Morgan fingerprint density at radius 2 is 1.91 bits per heavy atom. The van der Waals surface area contributed by atoms with Crippen molar-refractivity contribution in [3.05, 3.63) is 77.6 Å². The molecule has 1 aliphatic carbocycles. The predicted octanol–water partition coefficient (Wildman–Crippen LogP) is 4.59. The molecule has 5 rings (SSSR count). The van der Waals surface area contributed by atoms with Crippen LogP contribution in [0.25, 0.3) is 5.69 Å². The van der Waals surface area contributed by atoms with Crippen LogP contribution in [0.5, 0.6) is 5.75 Å². The molecule has 6 nitrogen and oxygen atoms in total. The number of carbonyl (C=O) groups excluding carboxylic acids is 1. The zero-order valence-electron chi connectivity index (χ0n) is 20.0. The maximum atomic E-state index is 14.1. The van der Waals surface area contributed by atoms with Gasteiger partial charge in [-0.25, -0.2) is 4.68 Å².